The minimum Gasteiger partial charge on any atom is -0.395 e. The highest BCUT2D eigenvalue weighted by Crippen LogP contribution is 2.29. The fourth-order valence-corrected chi connectivity index (χ4v) is 2.06. The third-order valence-corrected chi connectivity index (χ3v) is 2.90. The van der Waals surface area contributed by atoms with E-state index >= 15 is 0 Å². The lowest BCUT2D eigenvalue weighted by Crippen LogP contribution is -2.03. The topological polar surface area (TPSA) is 50.9 Å². The van der Waals surface area contributed by atoms with Gasteiger partial charge in [0.15, 0.2) is 0 Å². The second-order valence-electron chi connectivity index (χ2n) is 3.15. The van der Waals surface area contributed by atoms with Crippen LogP contribution in [0.2, 0.25) is 0 Å². The lowest BCUT2D eigenvalue weighted by molar-refractivity contribution is 0.980. The largest absolute Gasteiger partial charge is 0.395 e. The molecule has 2 rings (SSSR count). The third-order valence-electron chi connectivity index (χ3n) is 2.11. The zero-order chi connectivity index (χ0) is 9.97. The van der Waals surface area contributed by atoms with Crippen LogP contribution >= 0.6 is 11.3 Å². The summed E-state index contributed by atoms with van der Waals surface area (Å²) in [6.45, 7) is 3.07. The Hall–Kier alpha value is -1.29. The molecule has 0 amide bonds. The van der Waals surface area contributed by atoms with Crippen LogP contribution in [0.5, 0.6) is 0 Å². The number of rotatable bonds is 3. The molecule has 0 aliphatic heterocycles. The Labute approximate surface area is 87.0 Å². The zero-order valence-electron chi connectivity index (χ0n) is 8.08. The van der Waals surface area contributed by atoms with Gasteiger partial charge >= 0.3 is 0 Å². The SMILES string of the molecule is CCCNc1ccc2scnc2c1N. The van der Waals surface area contributed by atoms with Crippen molar-refractivity contribution in [3.63, 3.8) is 0 Å². The molecule has 0 aliphatic rings. The van der Waals surface area contributed by atoms with Crippen LogP contribution in [0.1, 0.15) is 13.3 Å². The Morgan fingerprint density at radius 3 is 3.14 bits per heavy atom. The summed E-state index contributed by atoms with van der Waals surface area (Å²) in [6, 6.07) is 4.08. The maximum absolute atomic E-state index is 5.99. The van der Waals surface area contributed by atoms with E-state index < -0.39 is 0 Å². The molecule has 0 unspecified atom stereocenters. The van der Waals surface area contributed by atoms with Gasteiger partial charge in [0.05, 0.1) is 21.6 Å². The Morgan fingerprint density at radius 2 is 2.36 bits per heavy atom. The number of nitrogen functional groups attached to an aromatic ring is 1. The van der Waals surface area contributed by atoms with E-state index in [4.69, 9.17) is 5.73 Å². The van der Waals surface area contributed by atoms with E-state index in [0.29, 0.717) is 0 Å². The molecule has 3 nitrogen and oxygen atoms in total. The van der Waals surface area contributed by atoms with Gasteiger partial charge in [-0.3, -0.25) is 0 Å². The van der Waals surface area contributed by atoms with E-state index in [1.54, 1.807) is 11.3 Å². The summed E-state index contributed by atoms with van der Waals surface area (Å²) in [4.78, 5) is 4.24. The molecule has 4 heteroatoms. The number of aromatic nitrogens is 1. The van der Waals surface area contributed by atoms with Crippen LogP contribution in [-0.4, -0.2) is 11.5 Å². The average molecular weight is 207 g/mol. The van der Waals surface area contributed by atoms with Crippen LogP contribution in [-0.2, 0) is 0 Å². The van der Waals surface area contributed by atoms with Crippen molar-refractivity contribution < 1.29 is 0 Å². The molecule has 0 saturated carbocycles. The van der Waals surface area contributed by atoms with Crippen molar-refractivity contribution in [2.45, 2.75) is 13.3 Å². The van der Waals surface area contributed by atoms with Crippen molar-refractivity contribution in [1.82, 2.24) is 4.98 Å². The van der Waals surface area contributed by atoms with Gasteiger partial charge in [-0.25, -0.2) is 4.98 Å². The van der Waals surface area contributed by atoms with Crippen LogP contribution in [0.15, 0.2) is 17.6 Å². The number of benzene rings is 1. The Kier molecular flexibility index (Phi) is 2.54. The van der Waals surface area contributed by atoms with Crippen molar-refractivity contribution in [2.75, 3.05) is 17.6 Å². The number of thiazole rings is 1. The summed E-state index contributed by atoms with van der Waals surface area (Å²) in [6.07, 6.45) is 1.09. The summed E-state index contributed by atoms with van der Waals surface area (Å²) in [5.74, 6) is 0. The molecule has 1 aromatic heterocycles. The van der Waals surface area contributed by atoms with Gasteiger partial charge in [0.1, 0.15) is 5.52 Å². The maximum Gasteiger partial charge on any atom is 0.106 e. The van der Waals surface area contributed by atoms with Crippen LogP contribution < -0.4 is 11.1 Å². The quantitative estimate of drug-likeness (QED) is 0.761. The van der Waals surface area contributed by atoms with Crippen molar-refractivity contribution in [3.8, 4) is 0 Å². The Balaban J connectivity index is 2.40. The highest BCUT2D eigenvalue weighted by atomic mass is 32.1. The summed E-state index contributed by atoms with van der Waals surface area (Å²) < 4.78 is 1.14. The van der Waals surface area contributed by atoms with E-state index in [1.807, 2.05) is 11.6 Å². The minimum absolute atomic E-state index is 0.761. The van der Waals surface area contributed by atoms with Crippen molar-refractivity contribution in [2.24, 2.45) is 0 Å². The van der Waals surface area contributed by atoms with Gasteiger partial charge in [0, 0.05) is 6.54 Å². The molecule has 0 fully saturated rings. The minimum atomic E-state index is 0.761. The molecule has 0 bridgehead atoms. The van der Waals surface area contributed by atoms with Crippen LogP contribution in [0.4, 0.5) is 11.4 Å². The molecule has 14 heavy (non-hydrogen) atoms. The third kappa shape index (κ3) is 1.53. The normalized spacial score (nSPS) is 10.6. The first-order chi connectivity index (χ1) is 6.83. The molecule has 0 radical (unpaired) electrons. The average Bonchev–Trinajstić information content (AvgIpc) is 2.66. The first kappa shape index (κ1) is 9.27. The van der Waals surface area contributed by atoms with E-state index in [0.717, 1.165) is 34.6 Å². The van der Waals surface area contributed by atoms with Crippen molar-refractivity contribution in [3.05, 3.63) is 17.6 Å². The van der Waals surface area contributed by atoms with Gasteiger partial charge in [-0.2, -0.15) is 0 Å². The summed E-state index contributed by atoms with van der Waals surface area (Å²) in [5, 5.41) is 3.28. The van der Waals surface area contributed by atoms with Gasteiger partial charge in [0.2, 0.25) is 0 Å². The number of fused-ring (bicyclic) bond motifs is 1. The van der Waals surface area contributed by atoms with Gasteiger partial charge in [-0.1, -0.05) is 6.92 Å². The molecular weight excluding hydrogens is 194 g/mol. The summed E-state index contributed by atoms with van der Waals surface area (Å²) in [7, 11) is 0. The molecule has 2 aromatic rings. The monoisotopic (exact) mass is 207 g/mol. The van der Waals surface area contributed by atoms with E-state index in [-0.39, 0.29) is 0 Å². The van der Waals surface area contributed by atoms with Crippen molar-refractivity contribution >= 4 is 32.9 Å². The Morgan fingerprint density at radius 1 is 1.50 bits per heavy atom. The van der Waals surface area contributed by atoms with Gasteiger partial charge in [0.25, 0.3) is 0 Å². The number of nitrogens with zero attached hydrogens (tertiary/aromatic N) is 1. The number of hydrogen-bond acceptors (Lipinski definition) is 4. The van der Waals surface area contributed by atoms with Gasteiger partial charge in [-0.05, 0) is 18.6 Å². The molecule has 0 spiro atoms. The maximum atomic E-state index is 5.99. The molecule has 0 aliphatic carbocycles. The van der Waals surface area contributed by atoms with E-state index in [1.165, 1.54) is 0 Å². The van der Waals surface area contributed by atoms with Crippen molar-refractivity contribution in [1.29, 1.82) is 0 Å². The number of hydrogen-bond donors (Lipinski definition) is 2. The smallest absolute Gasteiger partial charge is 0.106 e. The molecule has 74 valence electrons. The predicted molar refractivity (Wildman–Crippen MR) is 62.8 cm³/mol. The lowest BCUT2D eigenvalue weighted by Gasteiger charge is -2.07. The molecule has 1 aromatic carbocycles. The van der Waals surface area contributed by atoms with Gasteiger partial charge in [-0.15, -0.1) is 11.3 Å². The molecule has 3 N–H and O–H groups in total. The standard InChI is InChI=1S/C10H13N3S/c1-2-5-12-7-3-4-8-10(9(7)11)13-6-14-8/h3-4,6,12H,2,5,11H2,1H3. The second-order valence-corrected chi connectivity index (χ2v) is 4.04. The van der Waals surface area contributed by atoms with Crippen LogP contribution in [0.3, 0.4) is 0 Å². The van der Waals surface area contributed by atoms with Gasteiger partial charge < -0.3 is 11.1 Å². The molecule has 0 saturated heterocycles. The molecular formula is C10H13N3S. The Bertz CT molecular complexity index is 436. The summed E-state index contributed by atoms with van der Waals surface area (Å²) >= 11 is 1.62. The fraction of sp³-hybridized carbons (Fsp3) is 0.300. The first-order valence-corrected chi connectivity index (χ1v) is 5.56. The van der Waals surface area contributed by atoms with Crippen LogP contribution in [0, 0.1) is 0 Å². The lowest BCUT2D eigenvalue weighted by atomic mass is 10.2. The summed E-state index contributed by atoms with van der Waals surface area (Å²) in [5.41, 5.74) is 10.5. The number of nitrogens with two attached hydrogens (primary N) is 1. The van der Waals surface area contributed by atoms with E-state index in [9.17, 15) is 0 Å². The zero-order valence-corrected chi connectivity index (χ0v) is 8.90. The van der Waals surface area contributed by atoms with Crippen LogP contribution in [0.25, 0.3) is 10.2 Å². The highest BCUT2D eigenvalue weighted by molar-refractivity contribution is 7.16. The first-order valence-electron chi connectivity index (χ1n) is 4.68. The fourth-order valence-electron chi connectivity index (χ4n) is 1.37. The number of anilines is 2. The number of nitrogens with one attached hydrogen (secondary N) is 1. The highest BCUT2D eigenvalue weighted by Gasteiger charge is 2.05. The second kappa shape index (κ2) is 3.84. The molecule has 0 atom stereocenters. The molecule has 1 heterocycles. The predicted octanol–water partition coefficient (Wildman–Crippen LogP) is 2.70. The van der Waals surface area contributed by atoms with E-state index in [2.05, 4.69) is 23.3 Å².